The van der Waals surface area contributed by atoms with Gasteiger partial charge in [0.25, 0.3) is 0 Å². The highest BCUT2D eigenvalue weighted by molar-refractivity contribution is 5.22. The molecule has 1 fully saturated rings. The van der Waals surface area contributed by atoms with E-state index in [0.29, 0.717) is 0 Å². The molecule has 0 spiro atoms. The monoisotopic (exact) mass is 151 g/mol. The number of H-pyrrole nitrogens is 1. The van der Waals surface area contributed by atoms with Gasteiger partial charge in [0.15, 0.2) is 0 Å². The van der Waals surface area contributed by atoms with E-state index in [9.17, 15) is 0 Å². The number of nitrogens with zero attached hydrogens (tertiary/aromatic N) is 1. The first kappa shape index (κ1) is 6.85. The summed E-state index contributed by atoms with van der Waals surface area (Å²) in [5.41, 5.74) is 8.16. The van der Waals surface area contributed by atoms with E-state index in [4.69, 9.17) is 5.73 Å². The molecule has 1 heterocycles. The number of hydrogen-bond acceptors (Lipinski definition) is 2. The molecule has 0 aliphatic heterocycles. The van der Waals surface area contributed by atoms with Crippen molar-refractivity contribution in [2.24, 2.45) is 5.73 Å². The maximum Gasteiger partial charge on any atom is 0.0926 e. The van der Waals surface area contributed by atoms with Crippen LogP contribution in [0.1, 0.15) is 30.7 Å². The third-order valence-electron chi connectivity index (χ3n) is 2.55. The third kappa shape index (κ3) is 0.878. The first-order chi connectivity index (χ1) is 5.22. The molecule has 0 unspecified atom stereocenters. The highest BCUT2D eigenvalue weighted by Gasteiger charge is 2.37. The van der Waals surface area contributed by atoms with Gasteiger partial charge in [0.2, 0.25) is 0 Å². The molecule has 11 heavy (non-hydrogen) atoms. The molecule has 1 saturated carbocycles. The van der Waals surface area contributed by atoms with Crippen molar-refractivity contribution in [3.8, 4) is 0 Å². The molecule has 1 aliphatic rings. The Labute approximate surface area is 66.0 Å². The van der Waals surface area contributed by atoms with Gasteiger partial charge in [0, 0.05) is 5.69 Å². The first-order valence-corrected chi connectivity index (χ1v) is 4.02. The Balaban J connectivity index is 2.35. The zero-order chi connectivity index (χ0) is 7.90. The fourth-order valence-corrected chi connectivity index (χ4v) is 1.66. The zero-order valence-electron chi connectivity index (χ0n) is 6.72. The number of imidazole rings is 1. The number of nitrogens with two attached hydrogens (primary N) is 1. The molecule has 3 nitrogen and oxygen atoms in total. The minimum Gasteiger partial charge on any atom is -0.348 e. The Morgan fingerprint density at radius 3 is 2.73 bits per heavy atom. The molecule has 60 valence electrons. The molecule has 1 aromatic rings. The fraction of sp³-hybridized carbons (Fsp3) is 0.625. The van der Waals surface area contributed by atoms with Crippen LogP contribution in [0.25, 0.3) is 0 Å². The Kier molecular flexibility index (Phi) is 1.29. The van der Waals surface area contributed by atoms with Gasteiger partial charge >= 0.3 is 0 Å². The lowest BCUT2D eigenvalue weighted by molar-refractivity contribution is 0.246. The molecule has 1 aliphatic carbocycles. The van der Waals surface area contributed by atoms with E-state index in [1.807, 2.05) is 6.92 Å². The molecule has 0 saturated heterocycles. The summed E-state index contributed by atoms with van der Waals surface area (Å²) >= 11 is 0. The van der Waals surface area contributed by atoms with Crippen LogP contribution in [0.3, 0.4) is 0 Å². The third-order valence-corrected chi connectivity index (χ3v) is 2.55. The van der Waals surface area contributed by atoms with Gasteiger partial charge in [-0.15, -0.1) is 0 Å². The molecule has 3 N–H and O–H groups in total. The number of nitrogens with one attached hydrogen (secondary N) is 1. The quantitative estimate of drug-likeness (QED) is 0.630. The van der Waals surface area contributed by atoms with Crippen molar-refractivity contribution < 1.29 is 0 Å². The highest BCUT2D eigenvalue weighted by atomic mass is 14.9. The second-order valence-electron chi connectivity index (χ2n) is 3.39. The van der Waals surface area contributed by atoms with Crippen molar-refractivity contribution in [2.45, 2.75) is 31.7 Å². The minimum absolute atomic E-state index is 0.107. The Morgan fingerprint density at radius 2 is 2.36 bits per heavy atom. The van der Waals surface area contributed by atoms with Gasteiger partial charge in [-0.2, -0.15) is 0 Å². The SMILES string of the molecule is Cc1[nH]cnc1C1(N)CCC1. The van der Waals surface area contributed by atoms with E-state index < -0.39 is 0 Å². The second-order valence-corrected chi connectivity index (χ2v) is 3.39. The smallest absolute Gasteiger partial charge is 0.0926 e. The van der Waals surface area contributed by atoms with E-state index in [1.165, 1.54) is 6.42 Å². The van der Waals surface area contributed by atoms with E-state index in [1.54, 1.807) is 6.33 Å². The van der Waals surface area contributed by atoms with Crippen LogP contribution in [0, 0.1) is 6.92 Å². The van der Waals surface area contributed by atoms with Crippen molar-refractivity contribution in [1.82, 2.24) is 9.97 Å². The maximum absolute atomic E-state index is 6.09. The van der Waals surface area contributed by atoms with Crippen LogP contribution in [0.5, 0.6) is 0 Å². The van der Waals surface area contributed by atoms with Gasteiger partial charge in [-0.3, -0.25) is 0 Å². The minimum atomic E-state index is -0.107. The molecule has 0 radical (unpaired) electrons. The summed E-state index contributed by atoms with van der Waals surface area (Å²) in [4.78, 5) is 7.28. The lowest BCUT2D eigenvalue weighted by Gasteiger charge is -2.37. The van der Waals surface area contributed by atoms with Crippen molar-refractivity contribution in [3.05, 3.63) is 17.7 Å². The van der Waals surface area contributed by atoms with E-state index in [-0.39, 0.29) is 5.54 Å². The molecule has 0 atom stereocenters. The first-order valence-electron chi connectivity index (χ1n) is 4.02. The van der Waals surface area contributed by atoms with Crippen LogP contribution >= 0.6 is 0 Å². The van der Waals surface area contributed by atoms with Gasteiger partial charge in [0.05, 0.1) is 17.6 Å². The fourth-order valence-electron chi connectivity index (χ4n) is 1.66. The molecular weight excluding hydrogens is 138 g/mol. The standard InChI is InChI=1S/C8H13N3/c1-6-7(11-5-10-6)8(9)3-2-4-8/h5H,2-4,9H2,1H3,(H,10,11). The van der Waals surface area contributed by atoms with Crippen molar-refractivity contribution in [3.63, 3.8) is 0 Å². The predicted octanol–water partition coefficient (Wildman–Crippen LogP) is 1.06. The van der Waals surface area contributed by atoms with Gasteiger partial charge < -0.3 is 10.7 Å². The van der Waals surface area contributed by atoms with Crippen LogP contribution in [0.2, 0.25) is 0 Å². The van der Waals surface area contributed by atoms with Crippen molar-refractivity contribution in [1.29, 1.82) is 0 Å². The Morgan fingerprint density at radius 1 is 1.64 bits per heavy atom. The molecular formula is C8H13N3. The number of rotatable bonds is 1. The molecule has 1 aromatic heterocycles. The van der Waals surface area contributed by atoms with Gasteiger partial charge in [-0.1, -0.05) is 0 Å². The van der Waals surface area contributed by atoms with E-state index in [0.717, 1.165) is 24.2 Å². The van der Waals surface area contributed by atoms with Crippen LogP contribution in [0.15, 0.2) is 6.33 Å². The van der Waals surface area contributed by atoms with Gasteiger partial charge in [-0.05, 0) is 26.2 Å². The molecule has 0 bridgehead atoms. The Hall–Kier alpha value is -0.830. The summed E-state index contributed by atoms with van der Waals surface area (Å²) in [7, 11) is 0. The zero-order valence-corrected chi connectivity index (χ0v) is 6.72. The van der Waals surface area contributed by atoms with Crippen LogP contribution in [-0.2, 0) is 5.54 Å². The molecule has 3 heteroatoms. The summed E-state index contributed by atoms with van der Waals surface area (Å²) in [5, 5.41) is 0. The average molecular weight is 151 g/mol. The highest BCUT2D eigenvalue weighted by Crippen LogP contribution is 2.38. The van der Waals surface area contributed by atoms with Crippen LogP contribution in [0.4, 0.5) is 0 Å². The summed E-state index contributed by atoms with van der Waals surface area (Å²) < 4.78 is 0. The maximum atomic E-state index is 6.09. The second kappa shape index (κ2) is 2.08. The van der Waals surface area contributed by atoms with Crippen LogP contribution in [-0.4, -0.2) is 9.97 Å². The van der Waals surface area contributed by atoms with Gasteiger partial charge in [-0.25, -0.2) is 4.98 Å². The number of aromatic amines is 1. The average Bonchev–Trinajstić information content (AvgIpc) is 2.30. The summed E-state index contributed by atoms with van der Waals surface area (Å²) in [6.45, 7) is 2.02. The molecule has 2 rings (SSSR count). The molecule has 0 aromatic carbocycles. The largest absolute Gasteiger partial charge is 0.348 e. The lowest BCUT2D eigenvalue weighted by atomic mass is 9.75. The summed E-state index contributed by atoms with van der Waals surface area (Å²) in [6.07, 6.45) is 5.12. The summed E-state index contributed by atoms with van der Waals surface area (Å²) in [6, 6.07) is 0. The molecule has 0 amide bonds. The number of aromatic nitrogens is 2. The number of aryl methyl sites for hydroxylation is 1. The van der Waals surface area contributed by atoms with Crippen molar-refractivity contribution in [2.75, 3.05) is 0 Å². The number of hydrogen-bond donors (Lipinski definition) is 2. The Bertz CT molecular complexity index is 260. The van der Waals surface area contributed by atoms with Crippen molar-refractivity contribution >= 4 is 0 Å². The van der Waals surface area contributed by atoms with E-state index >= 15 is 0 Å². The predicted molar refractivity (Wildman–Crippen MR) is 43.0 cm³/mol. The van der Waals surface area contributed by atoms with E-state index in [2.05, 4.69) is 9.97 Å². The van der Waals surface area contributed by atoms with Gasteiger partial charge in [0.1, 0.15) is 0 Å². The lowest BCUT2D eigenvalue weighted by Crippen LogP contribution is -2.44. The van der Waals surface area contributed by atoms with Crippen LogP contribution < -0.4 is 5.73 Å². The topological polar surface area (TPSA) is 54.7 Å². The summed E-state index contributed by atoms with van der Waals surface area (Å²) in [5.74, 6) is 0. The normalized spacial score (nSPS) is 21.3.